The maximum Gasteiger partial charge on any atom is 0.251 e. The number of rotatable bonds is 10. The van der Waals surface area contributed by atoms with Crippen LogP contribution in [0.15, 0.2) is 66.0 Å². The minimum absolute atomic E-state index is 0.0787. The van der Waals surface area contributed by atoms with Crippen LogP contribution in [0.2, 0.25) is 0 Å². The average molecular weight is 395 g/mol. The molecule has 2 aromatic carbocycles. The first-order valence-corrected chi connectivity index (χ1v) is 10.4. The summed E-state index contributed by atoms with van der Waals surface area (Å²) in [6, 6.07) is 19.7. The van der Waals surface area contributed by atoms with Crippen LogP contribution in [0.3, 0.4) is 0 Å². The van der Waals surface area contributed by atoms with Gasteiger partial charge in [0.15, 0.2) is 0 Å². The molecule has 0 atom stereocenters. The summed E-state index contributed by atoms with van der Waals surface area (Å²) in [5.74, 6) is -0.0787. The van der Waals surface area contributed by atoms with E-state index >= 15 is 0 Å². The Morgan fingerprint density at radius 3 is 2.46 bits per heavy atom. The van der Waals surface area contributed by atoms with Crippen molar-refractivity contribution >= 4 is 17.2 Å². The molecule has 1 aromatic heterocycles. The van der Waals surface area contributed by atoms with Gasteiger partial charge in [-0.05, 0) is 24.1 Å². The van der Waals surface area contributed by atoms with Crippen LogP contribution in [0, 0.1) is 0 Å². The lowest BCUT2D eigenvalue weighted by atomic mass is 10.1. The summed E-state index contributed by atoms with van der Waals surface area (Å²) >= 11 is 1.58. The Kier molecular flexibility index (Phi) is 7.72. The smallest absolute Gasteiger partial charge is 0.251 e. The van der Waals surface area contributed by atoms with Crippen molar-refractivity contribution in [2.24, 2.45) is 5.73 Å². The average Bonchev–Trinajstić information content (AvgIpc) is 3.19. The van der Waals surface area contributed by atoms with Crippen LogP contribution >= 0.6 is 11.3 Å². The van der Waals surface area contributed by atoms with Crippen LogP contribution in [0.1, 0.15) is 26.6 Å². The SMILES string of the molecule is NCCN(CCc1ccccc1)Cc1csc(CNC(=O)c2ccccc2)n1. The summed E-state index contributed by atoms with van der Waals surface area (Å²) in [5, 5.41) is 5.91. The fourth-order valence-electron chi connectivity index (χ4n) is 2.96. The number of carbonyl (C=O) groups is 1. The lowest BCUT2D eigenvalue weighted by molar-refractivity contribution is 0.0951. The molecule has 0 bridgehead atoms. The van der Waals surface area contributed by atoms with E-state index in [9.17, 15) is 4.79 Å². The molecule has 0 aliphatic carbocycles. The Bertz CT molecular complexity index is 851. The molecule has 146 valence electrons. The van der Waals surface area contributed by atoms with E-state index in [1.165, 1.54) is 5.56 Å². The van der Waals surface area contributed by atoms with Gasteiger partial charge in [0.05, 0.1) is 12.2 Å². The molecule has 0 saturated carbocycles. The van der Waals surface area contributed by atoms with E-state index in [2.05, 4.69) is 44.8 Å². The van der Waals surface area contributed by atoms with Crippen molar-refractivity contribution in [2.45, 2.75) is 19.5 Å². The minimum atomic E-state index is -0.0787. The summed E-state index contributed by atoms with van der Waals surface area (Å²) in [6.45, 7) is 3.62. The van der Waals surface area contributed by atoms with Crippen molar-refractivity contribution in [2.75, 3.05) is 19.6 Å². The molecule has 5 nitrogen and oxygen atoms in total. The maximum absolute atomic E-state index is 12.2. The second kappa shape index (κ2) is 10.7. The zero-order chi connectivity index (χ0) is 19.6. The fraction of sp³-hybridized carbons (Fsp3) is 0.273. The molecule has 1 heterocycles. The Morgan fingerprint density at radius 2 is 1.75 bits per heavy atom. The molecule has 0 aliphatic heterocycles. The first-order valence-electron chi connectivity index (χ1n) is 9.47. The standard InChI is InChI=1S/C22H26N4OS/c23-12-14-26(13-11-18-7-3-1-4-8-18)16-20-17-28-21(25-20)15-24-22(27)19-9-5-2-6-10-19/h1-10,17H,11-16,23H2,(H,24,27). The van der Waals surface area contributed by atoms with Crippen LogP contribution in [-0.4, -0.2) is 35.4 Å². The van der Waals surface area contributed by atoms with Crippen molar-refractivity contribution in [3.8, 4) is 0 Å². The molecule has 3 rings (SSSR count). The first kappa shape index (κ1) is 20.2. The lowest BCUT2D eigenvalue weighted by Gasteiger charge is -2.20. The number of benzene rings is 2. The second-order valence-corrected chi connectivity index (χ2v) is 7.52. The second-order valence-electron chi connectivity index (χ2n) is 6.58. The first-order chi connectivity index (χ1) is 13.7. The predicted molar refractivity (Wildman–Crippen MR) is 114 cm³/mol. The van der Waals surface area contributed by atoms with Crippen molar-refractivity contribution in [1.82, 2.24) is 15.2 Å². The van der Waals surface area contributed by atoms with Gasteiger partial charge in [0.1, 0.15) is 5.01 Å². The van der Waals surface area contributed by atoms with E-state index < -0.39 is 0 Å². The van der Waals surface area contributed by atoms with Crippen LogP contribution < -0.4 is 11.1 Å². The number of nitrogens with two attached hydrogens (primary N) is 1. The molecule has 0 saturated heterocycles. The number of aromatic nitrogens is 1. The van der Waals surface area contributed by atoms with Crippen LogP contribution in [0.4, 0.5) is 0 Å². The summed E-state index contributed by atoms with van der Waals surface area (Å²) in [4.78, 5) is 19.2. The topological polar surface area (TPSA) is 71.2 Å². The highest BCUT2D eigenvalue weighted by Crippen LogP contribution is 2.13. The Labute approximate surface area is 170 Å². The molecule has 0 spiro atoms. The van der Waals surface area contributed by atoms with Gasteiger partial charge in [-0.3, -0.25) is 9.69 Å². The van der Waals surface area contributed by atoms with Gasteiger partial charge in [-0.1, -0.05) is 48.5 Å². The highest BCUT2D eigenvalue weighted by Gasteiger charge is 2.10. The Balaban J connectivity index is 1.50. The van der Waals surface area contributed by atoms with E-state index in [0.29, 0.717) is 18.7 Å². The lowest BCUT2D eigenvalue weighted by Crippen LogP contribution is -2.31. The third-order valence-corrected chi connectivity index (χ3v) is 5.32. The van der Waals surface area contributed by atoms with E-state index in [1.54, 1.807) is 23.5 Å². The van der Waals surface area contributed by atoms with Gasteiger partial charge in [-0.2, -0.15) is 0 Å². The summed E-state index contributed by atoms with van der Waals surface area (Å²) < 4.78 is 0. The van der Waals surface area contributed by atoms with Crippen molar-refractivity contribution in [3.05, 3.63) is 87.9 Å². The largest absolute Gasteiger partial charge is 0.346 e. The summed E-state index contributed by atoms with van der Waals surface area (Å²) in [6.07, 6.45) is 0.991. The number of carbonyl (C=O) groups excluding carboxylic acids is 1. The molecule has 28 heavy (non-hydrogen) atoms. The molecule has 0 unspecified atom stereocenters. The molecular formula is C22H26N4OS. The molecule has 6 heteroatoms. The summed E-state index contributed by atoms with van der Waals surface area (Å²) in [7, 11) is 0. The third kappa shape index (κ3) is 6.27. The van der Waals surface area contributed by atoms with Gasteiger partial charge in [0.2, 0.25) is 0 Å². The van der Waals surface area contributed by atoms with Crippen molar-refractivity contribution < 1.29 is 4.79 Å². The van der Waals surface area contributed by atoms with Gasteiger partial charge in [0, 0.05) is 37.1 Å². The number of thiazole rings is 1. The number of amides is 1. The molecule has 1 amide bonds. The quantitative estimate of drug-likeness (QED) is 0.554. The van der Waals surface area contributed by atoms with E-state index in [0.717, 1.165) is 36.8 Å². The van der Waals surface area contributed by atoms with Crippen LogP contribution in [0.25, 0.3) is 0 Å². The molecule has 0 radical (unpaired) electrons. The van der Waals surface area contributed by atoms with Crippen molar-refractivity contribution in [1.29, 1.82) is 0 Å². The molecule has 0 aliphatic rings. The molecular weight excluding hydrogens is 368 g/mol. The zero-order valence-corrected chi connectivity index (χ0v) is 16.7. The minimum Gasteiger partial charge on any atom is -0.346 e. The number of hydrogen-bond donors (Lipinski definition) is 2. The Morgan fingerprint density at radius 1 is 1.04 bits per heavy atom. The van der Waals surface area contributed by atoms with Gasteiger partial charge in [-0.25, -0.2) is 4.98 Å². The van der Waals surface area contributed by atoms with E-state index in [4.69, 9.17) is 5.73 Å². The molecule has 3 aromatic rings. The molecule has 3 N–H and O–H groups in total. The maximum atomic E-state index is 12.2. The Hall–Kier alpha value is -2.54. The predicted octanol–water partition coefficient (Wildman–Crippen LogP) is 3.08. The van der Waals surface area contributed by atoms with E-state index in [1.807, 2.05) is 24.3 Å². The van der Waals surface area contributed by atoms with Crippen molar-refractivity contribution in [3.63, 3.8) is 0 Å². The van der Waals surface area contributed by atoms with Gasteiger partial charge < -0.3 is 11.1 Å². The monoisotopic (exact) mass is 394 g/mol. The normalized spacial score (nSPS) is 10.9. The number of hydrogen-bond acceptors (Lipinski definition) is 5. The van der Waals surface area contributed by atoms with Gasteiger partial charge in [-0.15, -0.1) is 11.3 Å². The highest BCUT2D eigenvalue weighted by molar-refractivity contribution is 7.09. The van der Waals surface area contributed by atoms with Crippen LogP contribution in [0.5, 0.6) is 0 Å². The molecule has 0 fully saturated rings. The van der Waals surface area contributed by atoms with Crippen LogP contribution in [-0.2, 0) is 19.5 Å². The fourth-order valence-corrected chi connectivity index (χ4v) is 3.69. The van der Waals surface area contributed by atoms with E-state index in [-0.39, 0.29) is 5.91 Å². The highest BCUT2D eigenvalue weighted by atomic mass is 32.1. The number of nitrogens with one attached hydrogen (secondary N) is 1. The summed E-state index contributed by atoms with van der Waals surface area (Å²) in [5.41, 5.74) is 8.80. The number of nitrogens with zero attached hydrogens (tertiary/aromatic N) is 2. The van der Waals surface area contributed by atoms with Gasteiger partial charge in [0.25, 0.3) is 5.91 Å². The van der Waals surface area contributed by atoms with Gasteiger partial charge >= 0.3 is 0 Å². The third-order valence-electron chi connectivity index (χ3n) is 4.43. The zero-order valence-electron chi connectivity index (χ0n) is 15.9.